The number of nitrogens with two attached hydrogens (primary N) is 1. The maximum Gasteiger partial charge on any atom is 0.195 e. The first-order chi connectivity index (χ1) is 4.75. The van der Waals surface area contributed by atoms with Gasteiger partial charge >= 0.3 is 0 Å². The number of hydrogen-bond acceptors (Lipinski definition) is 4. The molecule has 0 fully saturated rings. The predicted molar refractivity (Wildman–Crippen MR) is 48.9 cm³/mol. The van der Waals surface area contributed by atoms with Crippen molar-refractivity contribution in [2.45, 2.75) is 0 Å². The van der Waals surface area contributed by atoms with E-state index >= 15 is 0 Å². The highest BCUT2D eigenvalue weighted by atomic mass is 35.5. The minimum atomic E-state index is -0.146. The van der Waals surface area contributed by atoms with Gasteiger partial charge in [-0.15, -0.1) is 29.9 Å². The predicted octanol–water partition coefficient (Wildman–Crippen LogP) is -0.200. The lowest BCUT2D eigenvalue weighted by molar-refractivity contribution is 0.0992. The van der Waals surface area contributed by atoms with Gasteiger partial charge in [0.25, 0.3) is 0 Å². The Morgan fingerprint density at radius 2 is 2.25 bits per heavy atom. The van der Waals surface area contributed by atoms with E-state index in [1.54, 1.807) is 7.05 Å². The molecule has 0 aromatic carbocycles. The van der Waals surface area contributed by atoms with Crippen molar-refractivity contribution < 1.29 is 4.79 Å². The lowest BCUT2D eigenvalue weighted by atomic mass is 10.3. The fraction of sp³-hybridized carbons (Fsp3) is 0.400. The number of carbonyl (C=O) groups excluding carboxylic acids is 1. The number of aromatic nitrogens is 3. The van der Waals surface area contributed by atoms with E-state index in [0.717, 1.165) is 0 Å². The third-order valence-electron chi connectivity index (χ3n) is 1.19. The average Bonchev–Trinajstić information content (AvgIpc) is 2.34. The highest BCUT2D eigenvalue weighted by Crippen LogP contribution is 1.92. The van der Waals surface area contributed by atoms with Gasteiger partial charge in [0.2, 0.25) is 0 Å². The third-order valence-corrected chi connectivity index (χ3v) is 1.19. The van der Waals surface area contributed by atoms with Crippen molar-refractivity contribution in [3.8, 4) is 0 Å². The Hall–Kier alpha value is -0.650. The monoisotopic (exact) mass is 212 g/mol. The van der Waals surface area contributed by atoms with Gasteiger partial charge in [-0.05, 0) is 0 Å². The van der Waals surface area contributed by atoms with Crippen molar-refractivity contribution >= 4 is 30.6 Å². The van der Waals surface area contributed by atoms with Crippen molar-refractivity contribution in [3.05, 3.63) is 11.9 Å². The Balaban J connectivity index is 0. The van der Waals surface area contributed by atoms with E-state index in [1.807, 2.05) is 0 Å². The second-order valence-corrected chi connectivity index (χ2v) is 1.87. The number of aryl methyl sites for hydroxylation is 1. The summed E-state index contributed by atoms with van der Waals surface area (Å²) in [6, 6.07) is 0. The van der Waals surface area contributed by atoms with Crippen molar-refractivity contribution in [2.75, 3.05) is 6.54 Å². The average molecular weight is 213 g/mol. The molecule has 1 rings (SSSR count). The molecule has 1 aromatic heterocycles. The van der Waals surface area contributed by atoms with Gasteiger partial charge in [-0.1, -0.05) is 5.21 Å². The van der Waals surface area contributed by atoms with E-state index in [4.69, 9.17) is 5.73 Å². The summed E-state index contributed by atoms with van der Waals surface area (Å²) in [6.45, 7) is 0.00120. The summed E-state index contributed by atoms with van der Waals surface area (Å²) in [4.78, 5) is 10.9. The molecule has 1 aromatic rings. The molecule has 0 saturated heterocycles. The zero-order valence-electron chi connectivity index (χ0n) is 6.43. The van der Waals surface area contributed by atoms with Crippen molar-refractivity contribution in [1.82, 2.24) is 15.0 Å². The first kappa shape index (κ1) is 13.9. The number of Topliss-reactive ketones (excluding diaryl/α,β-unsaturated/α-hetero) is 1. The minimum absolute atomic E-state index is 0. The van der Waals surface area contributed by atoms with Crippen LogP contribution in [0.5, 0.6) is 0 Å². The number of halogens is 2. The summed E-state index contributed by atoms with van der Waals surface area (Å²) in [5.74, 6) is -0.146. The van der Waals surface area contributed by atoms with Crippen LogP contribution in [0.25, 0.3) is 0 Å². The second kappa shape index (κ2) is 5.93. The van der Waals surface area contributed by atoms with Crippen molar-refractivity contribution in [3.63, 3.8) is 0 Å². The molecule has 0 unspecified atom stereocenters. The molecule has 0 radical (unpaired) electrons. The molecule has 5 nitrogen and oxygen atoms in total. The number of carbonyl (C=O) groups is 1. The molecule has 0 atom stereocenters. The Morgan fingerprint density at radius 3 is 2.58 bits per heavy atom. The standard InChI is InChI=1S/C5H8N4O.2ClH/c1-9-4(3-7-8-9)5(10)2-6;;/h3H,2,6H2,1H3;2*1H. The topological polar surface area (TPSA) is 73.8 Å². The van der Waals surface area contributed by atoms with Crippen LogP contribution in [0.15, 0.2) is 6.20 Å². The van der Waals surface area contributed by atoms with Crippen LogP contribution in [0.4, 0.5) is 0 Å². The lowest BCUT2D eigenvalue weighted by Crippen LogP contribution is -2.16. The number of rotatable bonds is 2. The fourth-order valence-corrected chi connectivity index (χ4v) is 0.647. The van der Waals surface area contributed by atoms with Gasteiger partial charge in [0, 0.05) is 7.05 Å². The van der Waals surface area contributed by atoms with E-state index < -0.39 is 0 Å². The molecule has 7 heteroatoms. The van der Waals surface area contributed by atoms with E-state index in [9.17, 15) is 4.79 Å². The normalized spacial score (nSPS) is 8.17. The molecular formula is C5H10Cl2N4O. The molecule has 12 heavy (non-hydrogen) atoms. The maximum atomic E-state index is 10.9. The van der Waals surface area contributed by atoms with Crippen LogP contribution >= 0.6 is 24.8 Å². The molecule has 0 bridgehead atoms. The van der Waals surface area contributed by atoms with Gasteiger partial charge in [-0.25, -0.2) is 4.68 Å². The Labute approximate surface area is 82.1 Å². The number of hydrogen-bond donors (Lipinski definition) is 1. The molecule has 2 N–H and O–H groups in total. The largest absolute Gasteiger partial charge is 0.324 e. The van der Waals surface area contributed by atoms with Crippen LogP contribution in [0.1, 0.15) is 10.5 Å². The maximum absolute atomic E-state index is 10.9. The molecule has 70 valence electrons. The zero-order chi connectivity index (χ0) is 7.56. The van der Waals surface area contributed by atoms with Crippen LogP contribution in [0, 0.1) is 0 Å². The molecule has 0 spiro atoms. The summed E-state index contributed by atoms with van der Waals surface area (Å²) in [5, 5.41) is 7.10. The van der Waals surface area contributed by atoms with Crippen LogP contribution in [-0.4, -0.2) is 27.3 Å². The molecule has 0 saturated carbocycles. The molecule has 0 aliphatic carbocycles. The summed E-state index contributed by atoms with van der Waals surface area (Å²) < 4.78 is 1.40. The quantitative estimate of drug-likeness (QED) is 0.690. The highest BCUT2D eigenvalue weighted by Gasteiger charge is 2.07. The van der Waals surface area contributed by atoms with Crippen molar-refractivity contribution in [2.24, 2.45) is 12.8 Å². The van der Waals surface area contributed by atoms with Crippen LogP contribution in [-0.2, 0) is 7.05 Å². The minimum Gasteiger partial charge on any atom is -0.324 e. The number of ketones is 1. The summed E-state index contributed by atoms with van der Waals surface area (Å²) in [7, 11) is 1.65. The molecule has 0 aliphatic rings. The molecule has 0 aliphatic heterocycles. The van der Waals surface area contributed by atoms with Crippen LogP contribution in [0.3, 0.4) is 0 Å². The summed E-state index contributed by atoms with van der Waals surface area (Å²) in [5.41, 5.74) is 5.56. The van der Waals surface area contributed by atoms with E-state index in [1.165, 1.54) is 10.9 Å². The molecule has 1 heterocycles. The van der Waals surface area contributed by atoms with Gasteiger partial charge in [0.05, 0.1) is 12.7 Å². The first-order valence-electron chi connectivity index (χ1n) is 2.83. The molecular weight excluding hydrogens is 203 g/mol. The first-order valence-corrected chi connectivity index (χ1v) is 2.83. The fourth-order valence-electron chi connectivity index (χ4n) is 0.647. The van der Waals surface area contributed by atoms with Gasteiger partial charge in [0.15, 0.2) is 5.78 Å². The third kappa shape index (κ3) is 2.77. The van der Waals surface area contributed by atoms with Crippen LogP contribution in [0.2, 0.25) is 0 Å². The summed E-state index contributed by atoms with van der Waals surface area (Å²) >= 11 is 0. The zero-order valence-corrected chi connectivity index (χ0v) is 8.06. The Bertz CT molecular complexity index is 249. The van der Waals surface area contributed by atoms with E-state index in [0.29, 0.717) is 5.69 Å². The Kier molecular flexibility index (Phi) is 6.88. The van der Waals surface area contributed by atoms with Gasteiger partial charge in [-0.2, -0.15) is 0 Å². The highest BCUT2D eigenvalue weighted by molar-refractivity contribution is 5.95. The van der Waals surface area contributed by atoms with Gasteiger partial charge < -0.3 is 5.73 Å². The SMILES string of the molecule is Cl.Cl.Cn1nncc1C(=O)CN. The van der Waals surface area contributed by atoms with E-state index in [-0.39, 0.29) is 37.1 Å². The smallest absolute Gasteiger partial charge is 0.195 e. The number of nitrogens with zero attached hydrogens (tertiary/aromatic N) is 3. The van der Waals surface area contributed by atoms with Crippen molar-refractivity contribution in [1.29, 1.82) is 0 Å². The molecule has 0 amide bonds. The van der Waals surface area contributed by atoms with E-state index in [2.05, 4.69) is 10.3 Å². The van der Waals surface area contributed by atoms with Crippen LogP contribution < -0.4 is 5.73 Å². The lowest BCUT2D eigenvalue weighted by Gasteiger charge is -1.93. The Morgan fingerprint density at radius 1 is 1.67 bits per heavy atom. The van der Waals surface area contributed by atoms with Gasteiger partial charge in [0.1, 0.15) is 5.69 Å². The van der Waals surface area contributed by atoms with Gasteiger partial charge in [-0.3, -0.25) is 4.79 Å². The summed E-state index contributed by atoms with van der Waals surface area (Å²) in [6.07, 6.45) is 1.40. The second-order valence-electron chi connectivity index (χ2n) is 1.87.